The summed E-state index contributed by atoms with van der Waals surface area (Å²) in [6, 6.07) is 19.2. The molecule has 2 heterocycles. The van der Waals surface area contributed by atoms with Crippen molar-refractivity contribution in [2.24, 2.45) is 4.99 Å². The second-order valence-electron chi connectivity index (χ2n) is 12.7. The van der Waals surface area contributed by atoms with Crippen LogP contribution in [0.25, 0.3) is 27.1 Å². The first kappa shape index (κ1) is 31.4. The summed E-state index contributed by atoms with van der Waals surface area (Å²) >= 11 is 0. The van der Waals surface area contributed by atoms with Crippen molar-refractivity contribution < 1.29 is 28.7 Å². The number of benzene rings is 4. The van der Waals surface area contributed by atoms with E-state index in [-0.39, 0.29) is 55.1 Å². The molecule has 1 aliphatic carbocycles. The Morgan fingerprint density at radius 2 is 1.35 bits per heavy atom. The lowest BCUT2D eigenvalue weighted by Crippen LogP contribution is -2.53. The van der Waals surface area contributed by atoms with Crippen LogP contribution in [-0.4, -0.2) is 48.0 Å². The van der Waals surface area contributed by atoms with E-state index < -0.39 is 17.2 Å². The fraction of sp³-hybridized carbons (Fsp3) is 0.342. The average Bonchev–Trinajstić information content (AvgIpc) is 3.11. The molecule has 1 fully saturated rings. The van der Waals surface area contributed by atoms with Crippen LogP contribution in [0.3, 0.4) is 0 Å². The molecule has 2 aliphatic heterocycles. The molecule has 4 aromatic rings. The molecular formula is C38H38N4O6. The quantitative estimate of drug-likeness (QED) is 0.168. The number of ketones is 2. The zero-order valence-corrected chi connectivity index (χ0v) is 27.5. The third-order valence-electron chi connectivity index (χ3n) is 9.84. The van der Waals surface area contributed by atoms with E-state index in [1.807, 2.05) is 68.4 Å². The Bertz CT molecular complexity index is 2160. The van der Waals surface area contributed by atoms with Gasteiger partial charge in [-0.05, 0) is 41.3 Å². The molecule has 10 nitrogen and oxygen atoms in total. The summed E-state index contributed by atoms with van der Waals surface area (Å²) < 4.78 is 11.1. The maximum Gasteiger partial charge on any atom is 0.305 e. The lowest BCUT2D eigenvalue weighted by atomic mass is 9.70. The Hall–Kier alpha value is -5.25. The van der Waals surface area contributed by atoms with E-state index >= 15 is 0 Å². The second-order valence-corrected chi connectivity index (χ2v) is 12.7. The van der Waals surface area contributed by atoms with Gasteiger partial charge < -0.3 is 25.4 Å². The maximum atomic E-state index is 14.3. The number of anilines is 3. The summed E-state index contributed by atoms with van der Waals surface area (Å²) in [7, 11) is 0. The first-order valence-electron chi connectivity index (χ1n) is 16.6. The molecule has 3 N–H and O–H groups in total. The molecule has 2 atom stereocenters. The minimum absolute atomic E-state index is 0.00935. The molecule has 4 aromatic carbocycles. The first-order chi connectivity index (χ1) is 23.2. The summed E-state index contributed by atoms with van der Waals surface area (Å²) in [4.78, 5) is 57.9. The van der Waals surface area contributed by atoms with Crippen LogP contribution in [-0.2, 0) is 28.7 Å². The van der Waals surface area contributed by atoms with E-state index in [4.69, 9.17) is 14.5 Å². The van der Waals surface area contributed by atoms with Crippen molar-refractivity contribution in [2.45, 2.75) is 70.6 Å². The number of rotatable bonds is 9. The first-order valence-corrected chi connectivity index (χ1v) is 16.6. The summed E-state index contributed by atoms with van der Waals surface area (Å²) in [5, 5.41) is 15.1. The minimum Gasteiger partial charge on any atom is -0.461 e. The SMILES string of the molecule is CCC(=O)OCC1(CC)N=c2c(=C3C(=O)C(c4ccc5cccc6c5c4NC(CC)(COC(=O)CC)N6)C3=O)ccc3cccc(c23)N1. The summed E-state index contributed by atoms with van der Waals surface area (Å²) in [6.07, 6.45) is 1.56. The summed E-state index contributed by atoms with van der Waals surface area (Å²) in [5.41, 5.74) is 1.21. The van der Waals surface area contributed by atoms with Gasteiger partial charge in [0.25, 0.3) is 0 Å². The van der Waals surface area contributed by atoms with Gasteiger partial charge in [0.15, 0.2) is 17.2 Å². The third kappa shape index (κ3) is 4.89. The number of carbonyl (C=O) groups is 4. The van der Waals surface area contributed by atoms with E-state index in [0.717, 1.165) is 32.9 Å². The van der Waals surface area contributed by atoms with Gasteiger partial charge in [0.1, 0.15) is 24.8 Å². The largest absolute Gasteiger partial charge is 0.461 e. The highest BCUT2D eigenvalue weighted by atomic mass is 16.5. The van der Waals surface area contributed by atoms with E-state index in [0.29, 0.717) is 34.7 Å². The minimum atomic E-state index is -1.01. The Kier molecular flexibility index (Phi) is 7.69. The number of ether oxygens (including phenoxy) is 2. The summed E-state index contributed by atoms with van der Waals surface area (Å²) in [5.74, 6) is -2.22. The van der Waals surface area contributed by atoms with Gasteiger partial charge in [0, 0.05) is 40.2 Å². The lowest BCUT2D eigenvalue weighted by Gasteiger charge is -2.42. The van der Waals surface area contributed by atoms with Crippen LogP contribution < -0.4 is 26.5 Å². The van der Waals surface area contributed by atoms with Gasteiger partial charge in [-0.15, -0.1) is 0 Å². The molecule has 48 heavy (non-hydrogen) atoms. The number of esters is 2. The predicted octanol–water partition coefficient (Wildman–Crippen LogP) is 5.08. The maximum absolute atomic E-state index is 14.3. The van der Waals surface area contributed by atoms with E-state index in [1.54, 1.807) is 19.9 Å². The molecular weight excluding hydrogens is 608 g/mol. The highest BCUT2D eigenvalue weighted by Crippen LogP contribution is 2.46. The average molecular weight is 647 g/mol. The Morgan fingerprint density at radius 3 is 2.00 bits per heavy atom. The van der Waals surface area contributed by atoms with Crippen molar-refractivity contribution in [1.29, 1.82) is 0 Å². The van der Waals surface area contributed by atoms with E-state index in [9.17, 15) is 19.2 Å². The smallest absolute Gasteiger partial charge is 0.305 e. The highest BCUT2D eigenvalue weighted by molar-refractivity contribution is 6.59. The highest BCUT2D eigenvalue weighted by Gasteiger charge is 2.48. The molecule has 3 aliphatic rings. The Balaban J connectivity index is 1.36. The third-order valence-corrected chi connectivity index (χ3v) is 9.84. The molecule has 0 spiro atoms. The fourth-order valence-electron chi connectivity index (χ4n) is 6.97. The van der Waals surface area contributed by atoms with Crippen LogP contribution in [0.1, 0.15) is 64.9 Å². The van der Waals surface area contributed by atoms with Gasteiger partial charge in [0.2, 0.25) is 0 Å². The lowest BCUT2D eigenvalue weighted by molar-refractivity contribution is -0.145. The van der Waals surface area contributed by atoms with Crippen LogP contribution in [0.5, 0.6) is 0 Å². The van der Waals surface area contributed by atoms with Crippen molar-refractivity contribution in [3.8, 4) is 0 Å². The van der Waals surface area contributed by atoms with Crippen LogP contribution >= 0.6 is 0 Å². The Morgan fingerprint density at radius 1 is 0.729 bits per heavy atom. The molecule has 7 rings (SSSR count). The number of hydrogen-bond donors (Lipinski definition) is 3. The number of Topliss-reactive ketones (excluding diaryl/α,β-unsaturated/α-hetero) is 2. The van der Waals surface area contributed by atoms with Gasteiger partial charge in [0.05, 0.1) is 16.6 Å². The van der Waals surface area contributed by atoms with Crippen molar-refractivity contribution >= 4 is 67.7 Å². The van der Waals surface area contributed by atoms with E-state index in [1.165, 1.54) is 0 Å². The number of nitrogens with one attached hydrogen (secondary N) is 3. The van der Waals surface area contributed by atoms with Crippen LogP contribution in [0, 0.1) is 0 Å². The summed E-state index contributed by atoms with van der Waals surface area (Å²) in [6.45, 7) is 7.49. The molecule has 0 amide bonds. The number of carbonyl (C=O) groups excluding carboxylic acids is 4. The van der Waals surface area contributed by atoms with Gasteiger partial charge in [-0.2, -0.15) is 0 Å². The molecule has 0 aromatic heterocycles. The molecule has 0 saturated heterocycles. The Labute approximate surface area is 277 Å². The van der Waals surface area contributed by atoms with Gasteiger partial charge >= 0.3 is 11.9 Å². The van der Waals surface area contributed by atoms with Crippen LogP contribution in [0.2, 0.25) is 0 Å². The van der Waals surface area contributed by atoms with Crippen LogP contribution in [0.4, 0.5) is 17.1 Å². The zero-order chi connectivity index (χ0) is 33.8. The van der Waals surface area contributed by atoms with Crippen molar-refractivity contribution in [1.82, 2.24) is 0 Å². The molecule has 0 radical (unpaired) electrons. The fourth-order valence-corrected chi connectivity index (χ4v) is 6.97. The van der Waals surface area contributed by atoms with Gasteiger partial charge in [-0.1, -0.05) is 76.2 Å². The zero-order valence-electron chi connectivity index (χ0n) is 27.5. The topological polar surface area (TPSA) is 135 Å². The number of hydrogen-bond acceptors (Lipinski definition) is 10. The molecule has 0 bridgehead atoms. The predicted molar refractivity (Wildman–Crippen MR) is 184 cm³/mol. The molecule has 2 unspecified atom stereocenters. The van der Waals surface area contributed by atoms with Crippen molar-refractivity contribution in [3.05, 3.63) is 76.8 Å². The van der Waals surface area contributed by atoms with Crippen molar-refractivity contribution in [2.75, 3.05) is 29.2 Å². The monoisotopic (exact) mass is 646 g/mol. The second kappa shape index (κ2) is 11.8. The van der Waals surface area contributed by atoms with Crippen LogP contribution in [0.15, 0.2) is 65.7 Å². The molecule has 246 valence electrons. The van der Waals surface area contributed by atoms with Crippen molar-refractivity contribution in [3.63, 3.8) is 0 Å². The molecule has 1 saturated carbocycles. The normalized spacial score (nSPS) is 22.2. The standard InChI is InChI=1S/C38H38N4O6/c1-5-27(43)47-19-37(7-3)39-25-13-9-11-21-15-17-23(33(41-37)29(21)25)31-35(45)32(36(31)46)24-18-16-22-12-10-14-26-30(22)34(24)42-38(8-4,40-26)20-48-28(44)6-2/h9-18,31,39-41H,5-8,19-20H2,1-4H3. The van der Waals surface area contributed by atoms with E-state index in [2.05, 4.69) is 16.0 Å². The number of nitrogens with zero attached hydrogens (tertiary/aromatic N) is 1. The molecule has 10 heteroatoms. The van der Waals surface area contributed by atoms with Gasteiger partial charge in [-0.3, -0.25) is 24.2 Å². The van der Waals surface area contributed by atoms with Gasteiger partial charge in [-0.25, -0.2) is 0 Å².